The zero-order chi connectivity index (χ0) is 17.6. The molecule has 0 radical (unpaired) electrons. The Hall–Kier alpha value is -2.33. The lowest BCUT2D eigenvalue weighted by molar-refractivity contribution is 0.0932. The van der Waals surface area contributed by atoms with Crippen LogP contribution in [0.5, 0.6) is 0 Å². The minimum Gasteiger partial charge on any atom is -0.341 e. The van der Waals surface area contributed by atoms with Crippen LogP contribution in [0.25, 0.3) is 0 Å². The average molecular weight is 347 g/mol. The van der Waals surface area contributed by atoms with Gasteiger partial charge in [0.05, 0.1) is 18.8 Å². The van der Waals surface area contributed by atoms with E-state index in [0.29, 0.717) is 12.2 Å². The van der Waals surface area contributed by atoms with Crippen molar-refractivity contribution in [2.75, 3.05) is 32.7 Å². The Kier molecular flexibility index (Phi) is 5.71. The number of carbonyl (C=O) groups excluding carboxylic acids is 1. The maximum atomic E-state index is 12.4. The molecule has 2 aromatic rings. The van der Waals surface area contributed by atoms with Gasteiger partial charge in [-0.05, 0) is 13.8 Å². The molecule has 1 atom stereocenters. The van der Waals surface area contributed by atoms with Gasteiger partial charge in [-0.25, -0.2) is 9.67 Å². The molecule has 25 heavy (non-hydrogen) atoms. The number of hydrogen-bond acceptors (Lipinski definition) is 7. The van der Waals surface area contributed by atoms with E-state index < -0.39 is 0 Å². The zero-order valence-electron chi connectivity index (χ0n) is 14.7. The fourth-order valence-corrected chi connectivity index (χ4v) is 2.88. The van der Waals surface area contributed by atoms with Gasteiger partial charge in [-0.1, -0.05) is 5.21 Å². The molecule has 1 saturated heterocycles. The number of carbonyl (C=O) groups is 1. The molecule has 1 aliphatic heterocycles. The number of rotatable bonds is 7. The second-order valence-corrected chi connectivity index (χ2v) is 6.09. The summed E-state index contributed by atoms with van der Waals surface area (Å²) in [6, 6.07) is -0.249. The summed E-state index contributed by atoms with van der Waals surface area (Å²) in [6.45, 7) is 10.3. The van der Waals surface area contributed by atoms with E-state index in [-0.39, 0.29) is 11.9 Å². The van der Waals surface area contributed by atoms with E-state index in [1.807, 2.05) is 13.8 Å². The third-order valence-electron chi connectivity index (χ3n) is 4.31. The van der Waals surface area contributed by atoms with E-state index in [0.717, 1.165) is 45.1 Å². The number of hydrogen-bond donors (Lipinski definition) is 2. The van der Waals surface area contributed by atoms with Crippen molar-refractivity contribution < 1.29 is 4.79 Å². The van der Waals surface area contributed by atoms with Crippen LogP contribution in [0, 0.1) is 0 Å². The quantitative estimate of drug-likeness (QED) is 0.681. The number of aryl methyl sites for hydroxylation is 1. The molecule has 3 rings (SSSR count). The summed E-state index contributed by atoms with van der Waals surface area (Å²) in [5.74, 6) is 0.466. The van der Waals surface area contributed by atoms with Crippen LogP contribution < -0.4 is 10.6 Å². The smallest absolute Gasteiger partial charge is 0.274 e. The van der Waals surface area contributed by atoms with E-state index in [2.05, 4.69) is 35.9 Å². The first-order chi connectivity index (χ1) is 12.2. The normalized spacial score (nSPS) is 16.7. The molecule has 1 amide bonds. The maximum absolute atomic E-state index is 12.4. The Labute approximate surface area is 146 Å². The lowest BCUT2D eigenvalue weighted by atomic mass is 10.3. The van der Waals surface area contributed by atoms with Gasteiger partial charge in [0.15, 0.2) is 5.69 Å². The Morgan fingerprint density at radius 1 is 1.36 bits per heavy atom. The molecule has 0 saturated carbocycles. The summed E-state index contributed by atoms with van der Waals surface area (Å²) >= 11 is 0. The van der Waals surface area contributed by atoms with Gasteiger partial charge in [0, 0.05) is 39.3 Å². The fourth-order valence-electron chi connectivity index (χ4n) is 2.88. The molecule has 136 valence electrons. The molecule has 0 spiro atoms. The number of amides is 1. The van der Waals surface area contributed by atoms with Crippen molar-refractivity contribution in [3.05, 3.63) is 24.0 Å². The Morgan fingerprint density at radius 3 is 2.92 bits per heavy atom. The molecule has 2 N–H and O–H groups in total. The second kappa shape index (κ2) is 8.17. The summed E-state index contributed by atoms with van der Waals surface area (Å²) in [5, 5.41) is 18.4. The van der Waals surface area contributed by atoms with Crippen molar-refractivity contribution in [2.24, 2.45) is 0 Å². The molecular weight excluding hydrogens is 322 g/mol. The van der Waals surface area contributed by atoms with Crippen LogP contribution in [-0.4, -0.2) is 73.3 Å². The van der Waals surface area contributed by atoms with Crippen molar-refractivity contribution in [2.45, 2.75) is 33.0 Å². The van der Waals surface area contributed by atoms with E-state index in [9.17, 15) is 4.79 Å². The lowest BCUT2D eigenvalue weighted by Gasteiger charge is -2.26. The minimum absolute atomic E-state index is 0.249. The first-order valence-electron chi connectivity index (χ1n) is 8.69. The van der Waals surface area contributed by atoms with Gasteiger partial charge < -0.3 is 10.6 Å². The molecule has 3 heterocycles. The maximum Gasteiger partial charge on any atom is 0.274 e. The van der Waals surface area contributed by atoms with Crippen LogP contribution in [0.1, 0.15) is 36.2 Å². The molecule has 1 fully saturated rings. The molecule has 10 nitrogen and oxygen atoms in total. The van der Waals surface area contributed by atoms with Crippen LogP contribution in [-0.2, 0) is 13.1 Å². The number of piperazine rings is 1. The Balaban J connectivity index is 1.53. The largest absolute Gasteiger partial charge is 0.341 e. The van der Waals surface area contributed by atoms with Crippen molar-refractivity contribution in [1.82, 2.24) is 45.3 Å². The number of nitrogens with one attached hydrogen (secondary N) is 2. The highest BCUT2D eigenvalue weighted by molar-refractivity contribution is 5.92. The highest BCUT2D eigenvalue weighted by atomic mass is 16.2. The van der Waals surface area contributed by atoms with Crippen molar-refractivity contribution in [3.63, 3.8) is 0 Å². The van der Waals surface area contributed by atoms with Crippen LogP contribution >= 0.6 is 0 Å². The molecule has 0 aromatic carbocycles. The molecule has 2 aromatic heterocycles. The van der Waals surface area contributed by atoms with Gasteiger partial charge in [0.2, 0.25) is 0 Å². The SMILES string of the molecule is CCn1ncnc1[C@@H](C)NC(=O)c1cn(CCN2CCNCC2)nn1. The standard InChI is InChI=1S/C15H25N9O/c1-3-24-14(17-11-18-24)12(2)19-15(25)13-10-23(21-20-13)9-8-22-6-4-16-5-7-22/h10-12,16H,3-9H2,1-2H3,(H,19,25)/t12-/m1/s1. The third-order valence-corrected chi connectivity index (χ3v) is 4.31. The first kappa shape index (κ1) is 17.5. The van der Waals surface area contributed by atoms with Gasteiger partial charge in [-0.3, -0.25) is 14.4 Å². The topological polar surface area (TPSA) is 106 Å². The van der Waals surface area contributed by atoms with Gasteiger partial charge in [-0.2, -0.15) is 5.10 Å². The Bertz CT molecular complexity index is 689. The van der Waals surface area contributed by atoms with Crippen LogP contribution in [0.3, 0.4) is 0 Å². The second-order valence-electron chi connectivity index (χ2n) is 6.09. The molecule has 0 unspecified atom stereocenters. The van der Waals surface area contributed by atoms with E-state index in [4.69, 9.17) is 0 Å². The van der Waals surface area contributed by atoms with Crippen LogP contribution in [0.4, 0.5) is 0 Å². The first-order valence-corrected chi connectivity index (χ1v) is 8.69. The van der Waals surface area contributed by atoms with Crippen LogP contribution in [0.15, 0.2) is 12.5 Å². The summed E-state index contributed by atoms with van der Waals surface area (Å²) in [4.78, 5) is 18.9. The van der Waals surface area contributed by atoms with Crippen LogP contribution in [0.2, 0.25) is 0 Å². The molecule has 1 aliphatic rings. The summed E-state index contributed by atoms with van der Waals surface area (Å²) in [6.07, 6.45) is 3.18. The highest BCUT2D eigenvalue weighted by Gasteiger charge is 2.18. The summed E-state index contributed by atoms with van der Waals surface area (Å²) in [7, 11) is 0. The number of aromatic nitrogens is 6. The summed E-state index contributed by atoms with van der Waals surface area (Å²) < 4.78 is 3.48. The Morgan fingerprint density at radius 2 is 2.16 bits per heavy atom. The monoisotopic (exact) mass is 347 g/mol. The predicted octanol–water partition coefficient (Wildman–Crippen LogP) is -0.714. The third kappa shape index (κ3) is 4.40. The van der Waals surface area contributed by atoms with Gasteiger partial charge >= 0.3 is 0 Å². The zero-order valence-corrected chi connectivity index (χ0v) is 14.7. The van der Waals surface area contributed by atoms with E-state index in [1.165, 1.54) is 6.33 Å². The average Bonchev–Trinajstić information content (AvgIpc) is 3.30. The lowest BCUT2D eigenvalue weighted by Crippen LogP contribution is -2.44. The van der Waals surface area contributed by atoms with E-state index >= 15 is 0 Å². The molecular formula is C15H25N9O. The molecule has 0 aliphatic carbocycles. The van der Waals surface area contributed by atoms with Gasteiger partial charge in [0.25, 0.3) is 5.91 Å². The summed E-state index contributed by atoms with van der Waals surface area (Å²) in [5.41, 5.74) is 0.315. The van der Waals surface area contributed by atoms with Gasteiger partial charge in [-0.15, -0.1) is 5.10 Å². The fraction of sp³-hybridized carbons (Fsp3) is 0.667. The van der Waals surface area contributed by atoms with Crippen molar-refractivity contribution in [1.29, 1.82) is 0 Å². The molecule has 10 heteroatoms. The van der Waals surface area contributed by atoms with Crippen molar-refractivity contribution in [3.8, 4) is 0 Å². The van der Waals surface area contributed by atoms with Gasteiger partial charge in [0.1, 0.15) is 12.2 Å². The molecule has 0 bridgehead atoms. The van der Waals surface area contributed by atoms with Crippen molar-refractivity contribution >= 4 is 5.91 Å². The predicted molar refractivity (Wildman–Crippen MR) is 90.9 cm³/mol. The van der Waals surface area contributed by atoms with E-state index in [1.54, 1.807) is 15.6 Å². The highest BCUT2D eigenvalue weighted by Crippen LogP contribution is 2.09. The number of nitrogens with zero attached hydrogens (tertiary/aromatic N) is 7. The minimum atomic E-state index is -0.258.